The van der Waals surface area contributed by atoms with E-state index in [1.807, 2.05) is 0 Å². The molecule has 0 unspecified atom stereocenters. The summed E-state index contributed by atoms with van der Waals surface area (Å²) in [7, 11) is 0. The van der Waals surface area contributed by atoms with Crippen LogP contribution in [-0.2, 0) is 0 Å². The second kappa shape index (κ2) is 16.5. The molecule has 0 N–H and O–H groups in total. The largest absolute Gasteiger partial charge is 0.309 e. The van der Waals surface area contributed by atoms with Crippen molar-refractivity contribution in [3.8, 4) is 11.4 Å². The number of para-hydroxylation sites is 4. The predicted molar refractivity (Wildman–Crippen MR) is 345 cm³/mol. The van der Waals surface area contributed by atoms with Gasteiger partial charge in [0.05, 0.1) is 22.1 Å². The Labute approximate surface area is 459 Å². The van der Waals surface area contributed by atoms with Crippen molar-refractivity contribution in [3.63, 3.8) is 0 Å². The predicted octanol–water partition coefficient (Wildman–Crippen LogP) is 21.7. The third-order valence-electron chi connectivity index (χ3n) is 17.8. The minimum Gasteiger partial charge on any atom is -0.309 e. The van der Waals surface area contributed by atoms with Gasteiger partial charge >= 0.3 is 0 Å². The number of benzene rings is 14. The van der Waals surface area contributed by atoms with E-state index in [1.165, 1.54) is 162 Å². The summed E-state index contributed by atoms with van der Waals surface area (Å²) in [6.07, 6.45) is 0. The Bertz CT molecular complexity index is 5750. The van der Waals surface area contributed by atoms with Gasteiger partial charge in [-0.25, -0.2) is 0 Å². The van der Waals surface area contributed by atoms with Crippen LogP contribution in [-0.4, -0.2) is 9.13 Å². The maximum Gasteiger partial charge on any atom is 0.0541 e. The molecule has 2 heteroatoms. The van der Waals surface area contributed by atoms with Gasteiger partial charge in [-0.05, 0) is 191 Å². The van der Waals surface area contributed by atoms with Crippen LogP contribution in [0.5, 0.6) is 0 Å². The second-order valence-corrected chi connectivity index (χ2v) is 21.8. The van der Waals surface area contributed by atoms with Gasteiger partial charge in [0.15, 0.2) is 0 Å². The Balaban J connectivity index is 1.05. The van der Waals surface area contributed by atoms with Crippen LogP contribution < -0.4 is 0 Å². The molecule has 2 nitrogen and oxygen atoms in total. The smallest absolute Gasteiger partial charge is 0.0541 e. The molecule has 0 bridgehead atoms. The summed E-state index contributed by atoms with van der Waals surface area (Å²) in [6.45, 7) is 0. The fourth-order valence-electron chi connectivity index (χ4n) is 14.4. The van der Waals surface area contributed by atoms with Crippen LogP contribution in [0, 0.1) is 0 Å². The molecular formula is C78H46N2. The van der Waals surface area contributed by atoms with Crippen molar-refractivity contribution in [1.82, 2.24) is 9.13 Å². The highest BCUT2D eigenvalue weighted by Gasteiger charge is 2.20. The van der Waals surface area contributed by atoms with Gasteiger partial charge in [0, 0.05) is 32.9 Å². The molecule has 80 heavy (non-hydrogen) atoms. The van der Waals surface area contributed by atoms with Gasteiger partial charge < -0.3 is 9.13 Å². The molecule has 0 aliphatic heterocycles. The first-order chi connectivity index (χ1) is 39.7. The number of hydrogen-bond acceptors (Lipinski definition) is 0. The quantitative estimate of drug-likeness (QED) is 0.153. The van der Waals surface area contributed by atoms with E-state index in [0.717, 1.165) is 11.4 Å². The third kappa shape index (κ3) is 6.02. The zero-order valence-electron chi connectivity index (χ0n) is 43.5. The maximum absolute atomic E-state index is 2.56. The lowest BCUT2D eigenvalue weighted by molar-refractivity contribution is 1.19. The molecular weight excluding hydrogens is 965 g/mol. The SMILES string of the molecule is c1ccc2c(c1)c1ccccc1c1cc3c(cc1c1cc(-n4c5ccccc5c5ccccc54)ccc21)c1ccccc1c1cc2c4ccccc4c4ccccc4c4ccc(-n5c6ccccc6c6ccccc65)cc4c2cc13. The Morgan fingerprint density at radius 2 is 0.287 bits per heavy atom. The molecule has 0 spiro atoms. The summed E-state index contributed by atoms with van der Waals surface area (Å²) in [5, 5.41) is 32.1. The summed E-state index contributed by atoms with van der Waals surface area (Å²) in [4.78, 5) is 0. The number of fused-ring (bicyclic) bond motifs is 28. The van der Waals surface area contributed by atoms with Crippen molar-refractivity contribution >= 4 is 162 Å². The van der Waals surface area contributed by atoms with Gasteiger partial charge in [-0.15, -0.1) is 0 Å². The van der Waals surface area contributed by atoms with E-state index in [-0.39, 0.29) is 0 Å². The zero-order chi connectivity index (χ0) is 52.2. The van der Waals surface area contributed by atoms with Crippen molar-refractivity contribution in [2.45, 2.75) is 0 Å². The molecule has 0 radical (unpaired) electrons. The summed E-state index contributed by atoms with van der Waals surface area (Å²) < 4.78 is 4.92. The van der Waals surface area contributed by atoms with Crippen molar-refractivity contribution in [2.24, 2.45) is 0 Å². The molecule has 0 aliphatic rings. The average Bonchev–Trinajstić information content (AvgIpc) is 4.09. The van der Waals surface area contributed by atoms with Crippen molar-refractivity contribution < 1.29 is 0 Å². The van der Waals surface area contributed by atoms with E-state index in [9.17, 15) is 0 Å². The molecule has 18 aromatic rings. The van der Waals surface area contributed by atoms with E-state index in [2.05, 4.69) is 288 Å². The molecule has 0 saturated heterocycles. The van der Waals surface area contributed by atoms with Gasteiger partial charge in [0.1, 0.15) is 0 Å². The summed E-state index contributed by atoms with van der Waals surface area (Å²) in [5.74, 6) is 0. The van der Waals surface area contributed by atoms with E-state index in [4.69, 9.17) is 0 Å². The van der Waals surface area contributed by atoms with Crippen molar-refractivity contribution in [2.75, 3.05) is 0 Å². The van der Waals surface area contributed by atoms with E-state index < -0.39 is 0 Å². The lowest BCUT2D eigenvalue weighted by Gasteiger charge is -2.17. The number of hydrogen-bond donors (Lipinski definition) is 0. The van der Waals surface area contributed by atoms with Gasteiger partial charge in [-0.3, -0.25) is 0 Å². The molecule has 0 aliphatic carbocycles. The second-order valence-electron chi connectivity index (χ2n) is 21.8. The molecule has 0 atom stereocenters. The molecule has 2 aromatic heterocycles. The van der Waals surface area contributed by atoms with Crippen LogP contribution in [0.15, 0.2) is 279 Å². The average molecular weight is 1010 g/mol. The fraction of sp³-hybridized carbons (Fsp3) is 0. The Morgan fingerprint density at radius 3 is 0.525 bits per heavy atom. The van der Waals surface area contributed by atoms with Gasteiger partial charge in [-0.2, -0.15) is 0 Å². The standard InChI is InChI=1S/C78H46N2/c1-4-24-54-49(19-1)51-21-5-7-25-55(51)67-43-68-57-27-9-10-28-58(57)70-44-71-65-41-47(79-75-33-15-11-29-61(75)62-30-12-16-34-76(62)79)37-39-59(65)53-23-3-2-20-50(53)52-22-6-8-26-56(52)69(71)45-73(70)74(68)46-72(67)66-42-48(38-40-60(54)66)80-77-35-17-13-31-63(77)64-32-14-18-36-78(64)80/h1-46H. The third-order valence-corrected chi connectivity index (χ3v) is 17.8. The number of rotatable bonds is 2. The highest BCUT2D eigenvalue weighted by Crippen LogP contribution is 2.46. The normalized spacial score (nSPS) is 12.2. The topological polar surface area (TPSA) is 9.86 Å². The first kappa shape index (κ1) is 43.5. The number of aromatic nitrogens is 2. The molecule has 16 aromatic carbocycles. The zero-order valence-corrected chi connectivity index (χ0v) is 43.5. The van der Waals surface area contributed by atoms with Gasteiger partial charge in [0.2, 0.25) is 0 Å². The van der Waals surface area contributed by atoms with Crippen molar-refractivity contribution in [3.05, 3.63) is 279 Å². The van der Waals surface area contributed by atoms with Crippen LogP contribution in [0.1, 0.15) is 0 Å². The summed E-state index contributed by atoms with van der Waals surface area (Å²) >= 11 is 0. The van der Waals surface area contributed by atoms with Crippen LogP contribution in [0.25, 0.3) is 173 Å². The molecule has 0 fully saturated rings. The minimum absolute atomic E-state index is 1.14. The van der Waals surface area contributed by atoms with Crippen LogP contribution in [0.2, 0.25) is 0 Å². The Morgan fingerprint density at radius 1 is 0.125 bits per heavy atom. The van der Waals surface area contributed by atoms with Crippen LogP contribution >= 0.6 is 0 Å². The molecule has 2 heterocycles. The molecule has 368 valence electrons. The minimum atomic E-state index is 1.14. The number of nitrogens with zero attached hydrogens (tertiary/aromatic N) is 2. The lowest BCUT2D eigenvalue weighted by atomic mass is 9.87. The first-order valence-electron chi connectivity index (χ1n) is 27.8. The van der Waals surface area contributed by atoms with E-state index in [1.54, 1.807) is 0 Å². The monoisotopic (exact) mass is 1010 g/mol. The maximum atomic E-state index is 2.56. The summed E-state index contributed by atoms with van der Waals surface area (Å²) in [5.41, 5.74) is 7.08. The fourth-order valence-corrected chi connectivity index (χ4v) is 14.4. The summed E-state index contributed by atoms with van der Waals surface area (Å²) in [6, 6.07) is 105. The Hall–Kier alpha value is -10.5. The molecule has 0 amide bonds. The van der Waals surface area contributed by atoms with Crippen LogP contribution in [0.4, 0.5) is 0 Å². The highest BCUT2D eigenvalue weighted by molar-refractivity contribution is 6.36. The van der Waals surface area contributed by atoms with E-state index >= 15 is 0 Å². The highest BCUT2D eigenvalue weighted by atomic mass is 15.0. The van der Waals surface area contributed by atoms with E-state index in [0.29, 0.717) is 0 Å². The van der Waals surface area contributed by atoms with Gasteiger partial charge in [-0.1, -0.05) is 206 Å². The first-order valence-corrected chi connectivity index (χ1v) is 27.8. The Kier molecular flexibility index (Phi) is 8.98. The van der Waals surface area contributed by atoms with Crippen molar-refractivity contribution in [1.29, 1.82) is 0 Å². The molecule has 0 saturated carbocycles. The molecule has 18 rings (SSSR count). The van der Waals surface area contributed by atoms with Crippen LogP contribution in [0.3, 0.4) is 0 Å². The van der Waals surface area contributed by atoms with Gasteiger partial charge in [0.25, 0.3) is 0 Å². The lowest BCUT2D eigenvalue weighted by Crippen LogP contribution is -1.94.